The van der Waals surface area contributed by atoms with Crippen molar-refractivity contribution in [2.75, 3.05) is 7.11 Å². The summed E-state index contributed by atoms with van der Waals surface area (Å²) in [5.41, 5.74) is 3.62. The Morgan fingerprint density at radius 2 is 1.94 bits per heavy atom. The van der Waals surface area contributed by atoms with Crippen molar-refractivity contribution in [3.8, 4) is 0 Å². The Hall–Kier alpha value is -4.31. The number of aromatic nitrogens is 6. The lowest BCUT2D eigenvalue weighted by Crippen LogP contribution is -2.24. The summed E-state index contributed by atoms with van der Waals surface area (Å²) in [4.78, 5) is 30.9. The lowest BCUT2D eigenvalue weighted by atomic mass is 10.0. The van der Waals surface area contributed by atoms with Gasteiger partial charge in [0.05, 0.1) is 36.3 Å². The molecule has 174 valence electrons. The van der Waals surface area contributed by atoms with Crippen LogP contribution in [0.25, 0.3) is 32.2 Å². The van der Waals surface area contributed by atoms with Gasteiger partial charge in [-0.3, -0.25) is 14.7 Å². The number of esters is 1. The van der Waals surface area contributed by atoms with Crippen molar-refractivity contribution < 1.29 is 9.53 Å². The van der Waals surface area contributed by atoms with E-state index in [1.165, 1.54) is 23.1 Å². The molecule has 1 unspecified atom stereocenters. The second-order valence-corrected chi connectivity index (χ2v) is 9.28. The first-order valence-corrected chi connectivity index (χ1v) is 11.8. The molecule has 4 aromatic heterocycles. The quantitative estimate of drug-likeness (QED) is 0.375. The lowest BCUT2D eigenvalue weighted by Gasteiger charge is -2.12. The zero-order valence-corrected chi connectivity index (χ0v) is 19.7. The van der Waals surface area contributed by atoms with E-state index in [1.807, 2.05) is 55.6 Å². The lowest BCUT2D eigenvalue weighted by molar-refractivity contribution is -0.141. The number of H-pyrrole nitrogens is 1. The Bertz CT molecular complexity index is 1780. The summed E-state index contributed by atoms with van der Waals surface area (Å²) in [5.74, 6) is -1.02. The highest BCUT2D eigenvalue weighted by molar-refractivity contribution is 7.19. The first-order chi connectivity index (χ1) is 17.1. The minimum absolute atomic E-state index is 0.204. The van der Waals surface area contributed by atoms with E-state index in [1.54, 1.807) is 17.0 Å². The van der Waals surface area contributed by atoms with Crippen molar-refractivity contribution >= 4 is 49.5 Å². The predicted molar refractivity (Wildman–Crippen MR) is 134 cm³/mol. The number of carbonyl (C=O) groups is 1. The van der Waals surface area contributed by atoms with Gasteiger partial charge in [0.25, 0.3) is 5.56 Å². The summed E-state index contributed by atoms with van der Waals surface area (Å²) in [6.45, 7) is 0.321. The van der Waals surface area contributed by atoms with Crippen LogP contribution in [0.3, 0.4) is 0 Å². The van der Waals surface area contributed by atoms with E-state index in [0.717, 1.165) is 26.7 Å². The number of ether oxygens (including phenoxy) is 1. The molecule has 9 nitrogen and oxygen atoms in total. The maximum absolute atomic E-state index is 13.4. The number of methoxy groups -OCH3 is 1. The van der Waals surface area contributed by atoms with Crippen LogP contribution in [0.1, 0.15) is 22.1 Å². The number of aryl methyl sites for hydroxylation is 1. The summed E-state index contributed by atoms with van der Waals surface area (Å²) < 4.78 is 9.13. The largest absolute Gasteiger partial charge is 0.468 e. The van der Waals surface area contributed by atoms with Crippen LogP contribution in [0.4, 0.5) is 0 Å². The Morgan fingerprint density at radius 3 is 2.74 bits per heavy atom. The van der Waals surface area contributed by atoms with Gasteiger partial charge < -0.3 is 9.30 Å². The van der Waals surface area contributed by atoms with Crippen LogP contribution in [-0.2, 0) is 23.1 Å². The fraction of sp³-hybridized carbons (Fsp3) is 0.160. The van der Waals surface area contributed by atoms with E-state index >= 15 is 0 Å². The first kappa shape index (κ1) is 21.2. The minimum Gasteiger partial charge on any atom is -0.468 e. The van der Waals surface area contributed by atoms with Crippen molar-refractivity contribution in [2.45, 2.75) is 12.5 Å². The number of hydrogen-bond acceptors (Lipinski definition) is 7. The monoisotopic (exact) mass is 484 g/mol. The molecule has 0 amide bonds. The molecule has 1 N–H and O–H groups in total. The summed E-state index contributed by atoms with van der Waals surface area (Å²) in [6.07, 6.45) is 3.45. The van der Waals surface area contributed by atoms with Gasteiger partial charge in [0.2, 0.25) is 0 Å². The number of benzene rings is 2. The molecule has 0 bridgehead atoms. The SMILES string of the molecule is COC(=O)C(c1ccccc1)c1nc2c(s1)c1cnn(Cc3cccc4[nH]ncc34)c(=O)c1n2C. The molecule has 0 radical (unpaired) electrons. The van der Waals surface area contributed by atoms with E-state index in [9.17, 15) is 9.59 Å². The van der Waals surface area contributed by atoms with Crippen molar-refractivity contribution in [2.24, 2.45) is 7.05 Å². The van der Waals surface area contributed by atoms with Crippen LogP contribution in [0.5, 0.6) is 0 Å². The van der Waals surface area contributed by atoms with E-state index in [4.69, 9.17) is 9.72 Å². The molecule has 6 rings (SSSR count). The summed E-state index contributed by atoms with van der Waals surface area (Å²) in [5, 5.41) is 13.8. The van der Waals surface area contributed by atoms with Crippen LogP contribution in [0.15, 0.2) is 65.7 Å². The molecule has 0 saturated carbocycles. The molecule has 0 aliphatic rings. The zero-order chi connectivity index (χ0) is 24.1. The van der Waals surface area contributed by atoms with Crippen LogP contribution in [0, 0.1) is 0 Å². The molecule has 0 aliphatic carbocycles. The Kier molecular flexibility index (Phi) is 4.96. The molecular weight excluding hydrogens is 464 g/mol. The molecule has 35 heavy (non-hydrogen) atoms. The van der Waals surface area contributed by atoms with Gasteiger partial charge in [-0.25, -0.2) is 9.67 Å². The third-order valence-corrected chi connectivity index (χ3v) is 7.40. The van der Waals surface area contributed by atoms with E-state index in [0.29, 0.717) is 28.1 Å². The standard InChI is InChI=1S/C25H20N6O3S/c1-30-20-17(12-27-31(24(20)32)13-15-9-6-10-18-16(15)11-26-29-18)21-22(30)28-23(35-21)19(25(33)34-2)14-7-4-3-5-8-14/h3-12,19H,13H2,1-2H3,(H,26,29). The average molecular weight is 485 g/mol. The van der Waals surface area contributed by atoms with Gasteiger partial charge in [0, 0.05) is 17.8 Å². The number of hydrogen-bond donors (Lipinski definition) is 1. The molecule has 1 atom stereocenters. The predicted octanol–water partition coefficient (Wildman–Crippen LogP) is 3.57. The molecule has 4 heterocycles. The molecule has 6 aromatic rings. The number of fused-ring (bicyclic) bond motifs is 4. The summed E-state index contributed by atoms with van der Waals surface area (Å²) >= 11 is 1.38. The highest BCUT2D eigenvalue weighted by atomic mass is 32.1. The molecular formula is C25H20N6O3S. The van der Waals surface area contributed by atoms with Gasteiger partial charge in [0.1, 0.15) is 16.4 Å². The molecule has 2 aromatic carbocycles. The molecule has 0 saturated heterocycles. The number of rotatable bonds is 5. The number of nitrogens with zero attached hydrogens (tertiary/aromatic N) is 5. The Morgan fingerprint density at radius 1 is 1.11 bits per heavy atom. The van der Waals surface area contributed by atoms with Gasteiger partial charge in [0.15, 0.2) is 5.65 Å². The van der Waals surface area contributed by atoms with Gasteiger partial charge in [-0.1, -0.05) is 42.5 Å². The average Bonchev–Trinajstić information content (AvgIpc) is 3.58. The maximum atomic E-state index is 13.4. The fourth-order valence-electron chi connectivity index (χ4n) is 4.51. The van der Waals surface area contributed by atoms with E-state index < -0.39 is 5.92 Å². The Balaban J connectivity index is 1.47. The van der Waals surface area contributed by atoms with Crippen molar-refractivity contribution in [3.63, 3.8) is 0 Å². The van der Waals surface area contributed by atoms with Gasteiger partial charge in [-0.15, -0.1) is 11.3 Å². The number of nitrogens with one attached hydrogen (secondary N) is 1. The van der Waals surface area contributed by atoms with Gasteiger partial charge in [-0.05, 0) is 17.2 Å². The minimum atomic E-state index is -0.641. The third kappa shape index (κ3) is 3.33. The maximum Gasteiger partial charge on any atom is 0.320 e. The zero-order valence-electron chi connectivity index (χ0n) is 18.9. The normalized spacial score (nSPS) is 12.5. The molecule has 10 heteroatoms. The first-order valence-electron chi connectivity index (χ1n) is 11.0. The van der Waals surface area contributed by atoms with Crippen LogP contribution in [0.2, 0.25) is 0 Å². The number of thiazole rings is 1. The summed E-state index contributed by atoms with van der Waals surface area (Å²) in [7, 11) is 3.18. The topological polar surface area (TPSA) is 108 Å². The number of carbonyl (C=O) groups excluding carboxylic acids is 1. The van der Waals surface area contributed by atoms with E-state index in [2.05, 4.69) is 15.3 Å². The highest BCUT2D eigenvalue weighted by Gasteiger charge is 2.29. The fourth-order valence-corrected chi connectivity index (χ4v) is 5.74. The van der Waals surface area contributed by atoms with Gasteiger partial charge >= 0.3 is 5.97 Å². The van der Waals surface area contributed by atoms with Crippen LogP contribution < -0.4 is 5.56 Å². The number of aromatic amines is 1. The smallest absolute Gasteiger partial charge is 0.320 e. The summed E-state index contributed by atoms with van der Waals surface area (Å²) in [6, 6.07) is 15.2. The molecule has 0 spiro atoms. The second-order valence-electron chi connectivity index (χ2n) is 8.25. The van der Waals surface area contributed by atoms with Crippen molar-refractivity contribution in [1.82, 2.24) is 29.5 Å². The van der Waals surface area contributed by atoms with Crippen molar-refractivity contribution in [1.29, 1.82) is 0 Å². The molecule has 0 aliphatic heterocycles. The Labute approximate surface area is 202 Å². The third-order valence-electron chi connectivity index (χ3n) is 6.25. The second kappa shape index (κ2) is 8.17. The van der Waals surface area contributed by atoms with Crippen LogP contribution in [-0.4, -0.2) is 42.6 Å². The van der Waals surface area contributed by atoms with Crippen molar-refractivity contribution in [3.05, 3.63) is 87.4 Å². The highest BCUT2D eigenvalue weighted by Crippen LogP contribution is 2.36. The van der Waals surface area contributed by atoms with Crippen LogP contribution >= 0.6 is 11.3 Å². The van der Waals surface area contributed by atoms with Gasteiger partial charge in [-0.2, -0.15) is 10.2 Å². The van der Waals surface area contributed by atoms with E-state index in [-0.39, 0.29) is 11.5 Å². The molecule has 0 fully saturated rings.